The van der Waals surface area contributed by atoms with Crippen molar-refractivity contribution in [1.82, 2.24) is 0 Å². The van der Waals surface area contributed by atoms with Crippen LogP contribution in [0.4, 0.5) is 0 Å². The van der Waals surface area contributed by atoms with Crippen LogP contribution in [0.1, 0.15) is 0 Å². The van der Waals surface area contributed by atoms with Crippen molar-refractivity contribution in [3.63, 3.8) is 0 Å². The van der Waals surface area contributed by atoms with Crippen molar-refractivity contribution in [1.29, 1.82) is 0 Å². The standard InChI is InChI=1S/C3H4O2P/c4-3-1-6(5)2-3/h1-2H2/q+1. The summed E-state index contributed by atoms with van der Waals surface area (Å²) in [5.41, 5.74) is 0. The number of hydrogen-bond donors (Lipinski definition) is 0. The normalized spacial score (nSPS) is 20.7. The molecule has 0 spiro atoms. The molecule has 0 aliphatic carbocycles. The summed E-state index contributed by atoms with van der Waals surface area (Å²) in [5, 5.41) is 0. The smallest absolute Gasteiger partial charge is 0.290 e. The van der Waals surface area contributed by atoms with Crippen LogP contribution in [-0.2, 0) is 9.36 Å². The summed E-state index contributed by atoms with van der Waals surface area (Å²) >= 11 is 0. The van der Waals surface area contributed by atoms with E-state index < -0.39 is 7.80 Å². The number of Topliss-reactive ketones (excluding diaryl/α,β-unsaturated/α-hetero) is 1. The van der Waals surface area contributed by atoms with Crippen LogP contribution in [0.2, 0.25) is 0 Å². The van der Waals surface area contributed by atoms with Gasteiger partial charge in [-0.05, 0) is 0 Å². The molecule has 1 aliphatic rings. The van der Waals surface area contributed by atoms with Gasteiger partial charge in [0.2, 0.25) is 18.1 Å². The fraction of sp³-hybridized carbons (Fsp3) is 0.667. The third kappa shape index (κ3) is 0.479. The molecule has 1 fully saturated rings. The van der Waals surface area contributed by atoms with Gasteiger partial charge in [0, 0.05) is 0 Å². The molecule has 1 saturated heterocycles. The van der Waals surface area contributed by atoms with E-state index in [0.29, 0.717) is 12.3 Å². The highest BCUT2D eigenvalue weighted by molar-refractivity contribution is 7.50. The van der Waals surface area contributed by atoms with Crippen LogP contribution in [0, 0.1) is 0 Å². The van der Waals surface area contributed by atoms with E-state index >= 15 is 0 Å². The third-order valence-electron chi connectivity index (χ3n) is 0.705. The molecule has 0 unspecified atom stereocenters. The maximum Gasteiger partial charge on any atom is 0.354 e. The van der Waals surface area contributed by atoms with Crippen molar-refractivity contribution in [2.24, 2.45) is 0 Å². The summed E-state index contributed by atoms with van der Waals surface area (Å²) in [6.07, 6.45) is 0.685. The minimum atomic E-state index is -1.06. The number of carbonyl (C=O) groups excluding carboxylic acids is 1. The van der Waals surface area contributed by atoms with Crippen molar-refractivity contribution in [3.8, 4) is 0 Å². The molecular formula is C3H4O2P+. The molecule has 1 rings (SSSR count). The van der Waals surface area contributed by atoms with Crippen molar-refractivity contribution < 1.29 is 9.36 Å². The Hall–Kier alpha value is -0.230. The van der Waals surface area contributed by atoms with Crippen LogP contribution in [0.3, 0.4) is 0 Å². The van der Waals surface area contributed by atoms with Gasteiger partial charge in [-0.2, -0.15) is 0 Å². The molecule has 0 aromatic rings. The van der Waals surface area contributed by atoms with Gasteiger partial charge in [-0.1, -0.05) is 4.57 Å². The zero-order valence-electron chi connectivity index (χ0n) is 3.18. The lowest BCUT2D eigenvalue weighted by atomic mass is 10.5. The second kappa shape index (κ2) is 1.12. The van der Waals surface area contributed by atoms with E-state index in [2.05, 4.69) is 0 Å². The van der Waals surface area contributed by atoms with E-state index in [4.69, 9.17) is 0 Å². The summed E-state index contributed by atoms with van der Waals surface area (Å²) in [7, 11) is -1.06. The Bertz CT molecular complexity index is 85.4. The first kappa shape index (κ1) is 3.94. The molecule has 0 bridgehead atoms. The lowest BCUT2D eigenvalue weighted by Crippen LogP contribution is -2.15. The molecule has 0 radical (unpaired) electrons. The van der Waals surface area contributed by atoms with E-state index in [1.54, 1.807) is 0 Å². The SMILES string of the molecule is O=C1C[P+](=O)C1. The first-order chi connectivity index (χ1) is 2.79. The van der Waals surface area contributed by atoms with Gasteiger partial charge in [0.05, 0.1) is 0 Å². The predicted octanol–water partition coefficient (Wildman–Crippen LogP) is 0.397. The van der Waals surface area contributed by atoms with Gasteiger partial charge in [-0.15, -0.1) is 0 Å². The summed E-state index contributed by atoms with van der Waals surface area (Å²) < 4.78 is 10.0. The van der Waals surface area contributed by atoms with Crippen molar-refractivity contribution in [2.75, 3.05) is 12.3 Å². The summed E-state index contributed by atoms with van der Waals surface area (Å²) in [4.78, 5) is 9.93. The van der Waals surface area contributed by atoms with Gasteiger partial charge in [-0.25, -0.2) is 0 Å². The van der Waals surface area contributed by atoms with E-state index in [9.17, 15) is 9.36 Å². The Morgan fingerprint density at radius 3 is 2.00 bits per heavy atom. The zero-order chi connectivity index (χ0) is 4.57. The monoisotopic (exact) mass is 103 g/mol. The molecule has 0 atom stereocenters. The highest BCUT2D eigenvalue weighted by Gasteiger charge is 2.36. The van der Waals surface area contributed by atoms with Crippen LogP contribution in [-0.4, -0.2) is 18.1 Å². The minimum Gasteiger partial charge on any atom is -0.290 e. The largest absolute Gasteiger partial charge is 0.354 e. The first-order valence-corrected chi connectivity index (χ1v) is 3.36. The van der Waals surface area contributed by atoms with E-state index in [1.807, 2.05) is 0 Å². The molecule has 1 heterocycles. The van der Waals surface area contributed by atoms with Gasteiger partial charge >= 0.3 is 7.80 Å². The van der Waals surface area contributed by atoms with Crippen molar-refractivity contribution in [3.05, 3.63) is 0 Å². The summed E-state index contributed by atoms with van der Waals surface area (Å²) in [5.74, 6) is 0.149. The van der Waals surface area contributed by atoms with Gasteiger partial charge in [0.15, 0.2) is 0 Å². The van der Waals surface area contributed by atoms with E-state index in [0.717, 1.165) is 0 Å². The number of carbonyl (C=O) groups is 1. The molecule has 1 aliphatic heterocycles. The Morgan fingerprint density at radius 1 is 1.50 bits per heavy atom. The van der Waals surface area contributed by atoms with Crippen LogP contribution < -0.4 is 0 Å². The topological polar surface area (TPSA) is 34.1 Å². The fourth-order valence-corrected chi connectivity index (χ4v) is 1.04. The maximum absolute atomic E-state index is 10.0. The minimum absolute atomic E-state index is 0.149. The fourth-order valence-electron chi connectivity index (χ4n) is 0.347. The number of hydrogen-bond acceptors (Lipinski definition) is 2. The zero-order valence-corrected chi connectivity index (χ0v) is 4.07. The second-order valence-electron chi connectivity index (χ2n) is 1.34. The quantitative estimate of drug-likeness (QED) is 0.416. The van der Waals surface area contributed by atoms with Crippen LogP contribution in [0.5, 0.6) is 0 Å². The molecule has 0 aromatic carbocycles. The van der Waals surface area contributed by atoms with Gasteiger partial charge < -0.3 is 0 Å². The highest BCUT2D eigenvalue weighted by atomic mass is 31.1. The van der Waals surface area contributed by atoms with E-state index in [-0.39, 0.29) is 5.78 Å². The third-order valence-corrected chi connectivity index (χ3v) is 2.12. The number of rotatable bonds is 0. The Labute approximate surface area is 36.3 Å². The van der Waals surface area contributed by atoms with Gasteiger partial charge in [0.1, 0.15) is 0 Å². The Balaban J connectivity index is 2.47. The molecule has 32 valence electrons. The van der Waals surface area contributed by atoms with E-state index in [1.165, 1.54) is 0 Å². The first-order valence-electron chi connectivity index (χ1n) is 1.73. The van der Waals surface area contributed by atoms with Crippen LogP contribution in [0.25, 0.3) is 0 Å². The Kier molecular flexibility index (Phi) is 0.738. The average molecular weight is 103 g/mol. The second-order valence-corrected chi connectivity index (χ2v) is 2.93. The van der Waals surface area contributed by atoms with Crippen LogP contribution >= 0.6 is 7.80 Å². The summed E-state index contributed by atoms with van der Waals surface area (Å²) in [6.45, 7) is 0. The van der Waals surface area contributed by atoms with Crippen LogP contribution in [0.15, 0.2) is 0 Å². The molecular weight excluding hydrogens is 99.0 g/mol. The highest BCUT2D eigenvalue weighted by Crippen LogP contribution is 2.29. The molecule has 0 amide bonds. The molecule has 0 N–H and O–H groups in total. The average Bonchev–Trinajstić information content (AvgIpc) is 1.33. The molecule has 0 aromatic heterocycles. The summed E-state index contributed by atoms with van der Waals surface area (Å²) in [6, 6.07) is 0. The lowest BCUT2D eigenvalue weighted by Gasteiger charge is -1.90. The van der Waals surface area contributed by atoms with Gasteiger partial charge in [0.25, 0.3) is 0 Å². The predicted molar refractivity (Wildman–Crippen MR) is 22.3 cm³/mol. The molecule has 3 heteroatoms. The lowest BCUT2D eigenvalue weighted by molar-refractivity contribution is -0.115. The molecule has 2 nitrogen and oxygen atoms in total. The number of ketones is 1. The molecule has 0 saturated carbocycles. The van der Waals surface area contributed by atoms with Gasteiger partial charge in [-0.3, -0.25) is 4.79 Å². The van der Waals surface area contributed by atoms with Crippen molar-refractivity contribution >= 4 is 13.6 Å². The maximum atomic E-state index is 10.0. The van der Waals surface area contributed by atoms with Crippen molar-refractivity contribution in [2.45, 2.75) is 0 Å². The molecule has 6 heavy (non-hydrogen) atoms. The Morgan fingerprint density at radius 2 is 2.00 bits per heavy atom.